The molecule has 1 fully saturated rings. The number of hydrogen-bond acceptors (Lipinski definition) is 2. The van der Waals surface area contributed by atoms with Crippen molar-refractivity contribution in [2.75, 3.05) is 6.54 Å². The minimum Gasteiger partial charge on any atom is -0.489 e. The zero-order valence-corrected chi connectivity index (χ0v) is 12.2. The zero-order valence-electron chi connectivity index (χ0n) is 11.4. The van der Waals surface area contributed by atoms with Gasteiger partial charge in [0.25, 0.3) is 0 Å². The summed E-state index contributed by atoms with van der Waals surface area (Å²) in [6.07, 6.45) is 2.49. The lowest BCUT2D eigenvalue weighted by Crippen LogP contribution is -2.12. The van der Waals surface area contributed by atoms with Gasteiger partial charge in [-0.1, -0.05) is 42.5 Å². The van der Waals surface area contributed by atoms with Gasteiger partial charge in [0.15, 0.2) is 0 Å². The van der Waals surface area contributed by atoms with Crippen LogP contribution in [-0.2, 0) is 6.61 Å². The molecular formula is C17H20ClNO. The molecule has 1 saturated heterocycles. The van der Waals surface area contributed by atoms with E-state index in [1.807, 2.05) is 24.3 Å². The molecule has 0 amide bonds. The number of nitrogens with one attached hydrogen (secondary N) is 1. The van der Waals surface area contributed by atoms with Crippen LogP contribution < -0.4 is 10.1 Å². The molecule has 2 nitrogen and oxygen atoms in total. The maximum atomic E-state index is 5.86. The largest absolute Gasteiger partial charge is 0.489 e. The van der Waals surface area contributed by atoms with Gasteiger partial charge < -0.3 is 10.1 Å². The first-order valence-corrected chi connectivity index (χ1v) is 6.92. The summed E-state index contributed by atoms with van der Waals surface area (Å²) in [5.74, 6) is 0.954. The van der Waals surface area contributed by atoms with Crippen molar-refractivity contribution in [3.63, 3.8) is 0 Å². The van der Waals surface area contributed by atoms with Gasteiger partial charge in [-0.15, -0.1) is 12.4 Å². The molecule has 20 heavy (non-hydrogen) atoms. The molecule has 2 aromatic rings. The Balaban J connectivity index is 0.00000147. The summed E-state index contributed by atoms with van der Waals surface area (Å²) in [5.41, 5.74) is 2.54. The van der Waals surface area contributed by atoms with E-state index in [1.165, 1.54) is 24.0 Å². The van der Waals surface area contributed by atoms with Crippen LogP contribution in [0.15, 0.2) is 54.6 Å². The fourth-order valence-electron chi connectivity index (χ4n) is 2.53. The van der Waals surface area contributed by atoms with Gasteiger partial charge >= 0.3 is 0 Å². The first-order chi connectivity index (χ1) is 9.42. The lowest BCUT2D eigenvalue weighted by Gasteiger charge is -2.13. The molecule has 0 radical (unpaired) electrons. The van der Waals surface area contributed by atoms with E-state index in [0.29, 0.717) is 12.6 Å². The molecule has 1 N–H and O–H groups in total. The van der Waals surface area contributed by atoms with Gasteiger partial charge in [0.2, 0.25) is 0 Å². The van der Waals surface area contributed by atoms with Gasteiger partial charge in [0.05, 0.1) is 0 Å². The van der Waals surface area contributed by atoms with Crippen LogP contribution in [0.3, 0.4) is 0 Å². The van der Waals surface area contributed by atoms with Crippen LogP contribution in [0.1, 0.15) is 30.0 Å². The second kappa shape index (κ2) is 7.32. The maximum absolute atomic E-state index is 5.86. The minimum atomic E-state index is 0. The molecular weight excluding hydrogens is 270 g/mol. The highest BCUT2D eigenvalue weighted by Gasteiger charge is 2.16. The third-order valence-corrected chi connectivity index (χ3v) is 3.57. The third kappa shape index (κ3) is 3.75. The Hall–Kier alpha value is -1.51. The van der Waals surface area contributed by atoms with Crippen molar-refractivity contribution < 1.29 is 4.74 Å². The van der Waals surface area contributed by atoms with Gasteiger partial charge in [-0.2, -0.15) is 0 Å². The van der Waals surface area contributed by atoms with E-state index in [9.17, 15) is 0 Å². The van der Waals surface area contributed by atoms with E-state index >= 15 is 0 Å². The smallest absolute Gasteiger partial charge is 0.120 e. The topological polar surface area (TPSA) is 21.3 Å². The molecule has 2 aromatic carbocycles. The van der Waals surface area contributed by atoms with Crippen molar-refractivity contribution in [2.45, 2.75) is 25.5 Å². The lowest BCUT2D eigenvalue weighted by molar-refractivity contribution is 0.305. The normalized spacial score (nSPS) is 17.5. The van der Waals surface area contributed by atoms with E-state index in [-0.39, 0.29) is 12.4 Å². The molecule has 1 aliphatic rings. The van der Waals surface area contributed by atoms with Crippen molar-refractivity contribution in [1.82, 2.24) is 5.32 Å². The summed E-state index contributed by atoms with van der Waals surface area (Å²) in [4.78, 5) is 0. The van der Waals surface area contributed by atoms with Crippen molar-refractivity contribution in [1.29, 1.82) is 0 Å². The van der Waals surface area contributed by atoms with Crippen LogP contribution in [0.4, 0.5) is 0 Å². The Morgan fingerprint density at radius 3 is 2.65 bits per heavy atom. The Bertz CT molecular complexity index is 524. The van der Waals surface area contributed by atoms with Gasteiger partial charge in [-0.25, -0.2) is 0 Å². The summed E-state index contributed by atoms with van der Waals surface area (Å²) in [6.45, 7) is 1.75. The highest BCUT2D eigenvalue weighted by molar-refractivity contribution is 5.85. The van der Waals surface area contributed by atoms with Gasteiger partial charge in [-0.3, -0.25) is 0 Å². The quantitative estimate of drug-likeness (QED) is 0.914. The molecule has 0 spiro atoms. The molecule has 0 aromatic heterocycles. The SMILES string of the molecule is Cl.c1ccc(COc2cccc([C@@H]3CCCN3)c2)cc1. The third-order valence-electron chi connectivity index (χ3n) is 3.57. The monoisotopic (exact) mass is 289 g/mol. The maximum Gasteiger partial charge on any atom is 0.120 e. The molecule has 1 heterocycles. The average molecular weight is 290 g/mol. The van der Waals surface area contributed by atoms with E-state index in [0.717, 1.165) is 12.3 Å². The number of rotatable bonds is 4. The van der Waals surface area contributed by atoms with Crippen molar-refractivity contribution in [3.05, 3.63) is 65.7 Å². The molecule has 0 bridgehead atoms. The van der Waals surface area contributed by atoms with Gasteiger partial charge in [0, 0.05) is 6.04 Å². The second-order valence-corrected chi connectivity index (χ2v) is 5.00. The Kier molecular flexibility index (Phi) is 5.45. The summed E-state index contributed by atoms with van der Waals surface area (Å²) in [6, 6.07) is 19.2. The number of ether oxygens (including phenoxy) is 1. The molecule has 0 unspecified atom stereocenters. The van der Waals surface area contributed by atoms with Crippen LogP contribution >= 0.6 is 12.4 Å². The van der Waals surface area contributed by atoms with E-state index in [4.69, 9.17) is 4.74 Å². The number of benzene rings is 2. The molecule has 0 saturated carbocycles. The van der Waals surface area contributed by atoms with Crippen LogP contribution in [0.25, 0.3) is 0 Å². The van der Waals surface area contributed by atoms with Crippen molar-refractivity contribution in [2.24, 2.45) is 0 Å². The molecule has 1 atom stereocenters. The Morgan fingerprint density at radius 2 is 1.90 bits per heavy atom. The number of halogens is 1. The average Bonchev–Trinajstić information content (AvgIpc) is 3.01. The van der Waals surface area contributed by atoms with E-state index in [1.54, 1.807) is 0 Å². The summed E-state index contributed by atoms with van der Waals surface area (Å²) < 4.78 is 5.86. The molecule has 1 aliphatic heterocycles. The number of hydrogen-bond donors (Lipinski definition) is 1. The highest BCUT2D eigenvalue weighted by atomic mass is 35.5. The van der Waals surface area contributed by atoms with Crippen LogP contribution in [0.2, 0.25) is 0 Å². The molecule has 3 heteroatoms. The van der Waals surface area contributed by atoms with Crippen LogP contribution in [0, 0.1) is 0 Å². The summed E-state index contributed by atoms with van der Waals surface area (Å²) >= 11 is 0. The van der Waals surface area contributed by atoms with Crippen molar-refractivity contribution in [3.8, 4) is 5.75 Å². The minimum absolute atomic E-state index is 0. The zero-order chi connectivity index (χ0) is 12.9. The Morgan fingerprint density at radius 1 is 1.05 bits per heavy atom. The summed E-state index contributed by atoms with van der Waals surface area (Å²) in [5, 5.41) is 3.52. The first kappa shape index (κ1) is 14.9. The lowest BCUT2D eigenvalue weighted by atomic mass is 10.1. The van der Waals surface area contributed by atoms with Crippen LogP contribution in [0.5, 0.6) is 5.75 Å². The van der Waals surface area contributed by atoms with E-state index < -0.39 is 0 Å². The second-order valence-electron chi connectivity index (χ2n) is 5.00. The molecule has 3 rings (SSSR count). The fraction of sp³-hybridized carbons (Fsp3) is 0.294. The highest BCUT2D eigenvalue weighted by Crippen LogP contribution is 2.26. The fourth-order valence-corrected chi connectivity index (χ4v) is 2.53. The van der Waals surface area contributed by atoms with Gasteiger partial charge in [-0.05, 0) is 42.6 Å². The summed E-state index contributed by atoms with van der Waals surface area (Å²) in [7, 11) is 0. The van der Waals surface area contributed by atoms with Gasteiger partial charge in [0.1, 0.15) is 12.4 Å². The standard InChI is InChI=1S/C17H19NO.ClH/c1-2-6-14(7-3-1)13-19-16-9-4-8-15(12-16)17-10-5-11-18-17;/h1-4,6-9,12,17-18H,5,10-11,13H2;1H/t17-;/m0./s1. The Labute approximate surface area is 126 Å². The molecule has 106 valence electrons. The van der Waals surface area contributed by atoms with Crippen molar-refractivity contribution >= 4 is 12.4 Å². The first-order valence-electron chi connectivity index (χ1n) is 6.92. The van der Waals surface area contributed by atoms with E-state index in [2.05, 4.69) is 35.6 Å². The van der Waals surface area contributed by atoms with Crippen LogP contribution in [-0.4, -0.2) is 6.54 Å². The predicted octanol–water partition coefficient (Wildman–Crippen LogP) is 4.11. The predicted molar refractivity (Wildman–Crippen MR) is 84.4 cm³/mol. The molecule has 0 aliphatic carbocycles.